The minimum absolute atomic E-state index is 0. The number of aliphatic hydroxyl groups is 1. The third-order valence-electron chi connectivity index (χ3n) is 3.66. The molecule has 6 heteroatoms. The first-order valence-corrected chi connectivity index (χ1v) is 7.54. The number of methoxy groups -OCH3 is 2. The normalized spacial score (nSPS) is 10.3. The van der Waals surface area contributed by atoms with Gasteiger partial charge in [0.1, 0.15) is 11.5 Å². The summed E-state index contributed by atoms with van der Waals surface area (Å²) in [7, 11) is 3.28. The Labute approximate surface area is 149 Å². The Kier molecular flexibility index (Phi) is 8.40. The fourth-order valence-corrected chi connectivity index (χ4v) is 2.53. The third-order valence-corrected chi connectivity index (χ3v) is 3.66. The molecule has 0 bridgehead atoms. The molecule has 132 valence electrons. The Morgan fingerprint density at radius 3 is 2.46 bits per heavy atom. The number of halogens is 1. The predicted octanol–water partition coefficient (Wildman–Crippen LogP) is 2.70. The van der Waals surface area contributed by atoms with Crippen LogP contribution >= 0.6 is 12.4 Å². The molecule has 0 saturated carbocycles. The number of hydrogen-bond donors (Lipinski definition) is 2. The number of anilines is 1. The van der Waals surface area contributed by atoms with E-state index < -0.39 is 0 Å². The average molecular weight is 353 g/mol. The maximum atomic E-state index is 9.34. The highest BCUT2D eigenvalue weighted by Gasteiger charge is 2.11. The SMILES string of the molecule is COc1ccc(CN(CCO)Cc2cccc(N)c2)c(OC)c1.Cl. The Morgan fingerprint density at radius 2 is 1.83 bits per heavy atom. The first-order valence-electron chi connectivity index (χ1n) is 7.54. The molecule has 0 spiro atoms. The monoisotopic (exact) mass is 352 g/mol. The van der Waals surface area contributed by atoms with Crippen LogP contribution in [0.3, 0.4) is 0 Å². The number of nitrogen functional groups attached to an aromatic ring is 1. The summed E-state index contributed by atoms with van der Waals surface area (Å²) in [5, 5.41) is 9.34. The second-order valence-electron chi connectivity index (χ2n) is 5.36. The number of aliphatic hydroxyl groups excluding tert-OH is 1. The van der Waals surface area contributed by atoms with E-state index in [0.717, 1.165) is 28.3 Å². The lowest BCUT2D eigenvalue weighted by molar-refractivity contribution is 0.183. The standard InChI is InChI=1S/C18H24N2O3.ClH/c1-22-17-7-6-15(18(11-17)23-2)13-20(8-9-21)12-14-4-3-5-16(19)10-14;/h3-7,10-11,21H,8-9,12-13,19H2,1-2H3;1H. The quantitative estimate of drug-likeness (QED) is 0.715. The molecule has 5 nitrogen and oxygen atoms in total. The van der Waals surface area contributed by atoms with Crippen molar-refractivity contribution >= 4 is 18.1 Å². The van der Waals surface area contributed by atoms with Gasteiger partial charge in [-0.3, -0.25) is 4.90 Å². The number of nitrogens with two attached hydrogens (primary N) is 1. The van der Waals surface area contributed by atoms with E-state index in [1.807, 2.05) is 42.5 Å². The van der Waals surface area contributed by atoms with Gasteiger partial charge >= 0.3 is 0 Å². The van der Waals surface area contributed by atoms with Crippen molar-refractivity contribution in [3.8, 4) is 11.5 Å². The predicted molar refractivity (Wildman–Crippen MR) is 98.8 cm³/mol. The number of hydrogen-bond acceptors (Lipinski definition) is 5. The number of benzene rings is 2. The van der Waals surface area contributed by atoms with E-state index in [2.05, 4.69) is 4.90 Å². The fraction of sp³-hybridized carbons (Fsp3) is 0.333. The molecule has 0 heterocycles. The van der Waals surface area contributed by atoms with Gasteiger partial charge in [0.25, 0.3) is 0 Å². The molecule has 0 unspecified atom stereocenters. The number of ether oxygens (including phenoxy) is 2. The van der Waals surface area contributed by atoms with Crippen molar-refractivity contribution in [2.45, 2.75) is 13.1 Å². The molecule has 2 rings (SSSR count). The van der Waals surface area contributed by atoms with E-state index in [0.29, 0.717) is 19.6 Å². The molecule has 0 radical (unpaired) electrons. The molecule has 0 aliphatic heterocycles. The highest BCUT2D eigenvalue weighted by atomic mass is 35.5. The van der Waals surface area contributed by atoms with Crippen molar-refractivity contribution in [1.29, 1.82) is 0 Å². The van der Waals surface area contributed by atoms with Crippen LogP contribution in [0.25, 0.3) is 0 Å². The van der Waals surface area contributed by atoms with Crippen molar-refractivity contribution < 1.29 is 14.6 Å². The molecule has 0 amide bonds. The van der Waals surface area contributed by atoms with E-state index in [-0.39, 0.29) is 19.0 Å². The van der Waals surface area contributed by atoms with Gasteiger partial charge < -0.3 is 20.3 Å². The summed E-state index contributed by atoms with van der Waals surface area (Å²) in [6.07, 6.45) is 0. The zero-order valence-electron chi connectivity index (χ0n) is 14.1. The van der Waals surface area contributed by atoms with Gasteiger partial charge in [0.15, 0.2) is 0 Å². The van der Waals surface area contributed by atoms with Gasteiger partial charge in [0.05, 0.1) is 20.8 Å². The zero-order chi connectivity index (χ0) is 16.7. The Bertz CT molecular complexity index is 637. The Morgan fingerprint density at radius 1 is 1.04 bits per heavy atom. The van der Waals surface area contributed by atoms with E-state index in [9.17, 15) is 5.11 Å². The van der Waals surface area contributed by atoms with Crippen LogP contribution in [0.2, 0.25) is 0 Å². The molecule has 0 aliphatic carbocycles. The van der Waals surface area contributed by atoms with Crippen LogP contribution in [0.4, 0.5) is 5.69 Å². The van der Waals surface area contributed by atoms with Crippen LogP contribution in [-0.2, 0) is 13.1 Å². The Balaban J connectivity index is 0.00000288. The third kappa shape index (κ3) is 5.60. The summed E-state index contributed by atoms with van der Waals surface area (Å²) >= 11 is 0. The molecule has 0 fully saturated rings. The largest absolute Gasteiger partial charge is 0.497 e. The lowest BCUT2D eigenvalue weighted by atomic mass is 10.1. The molecular formula is C18H25ClN2O3. The summed E-state index contributed by atoms with van der Waals surface area (Å²) in [6, 6.07) is 13.6. The molecule has 2 aromatic rings. The lowest BCUT2D eigenvalue weighted by Crippen LogP contribution is -2.26. The van der Waals surface area contributed by atoms with Crippen LogP contribution in [0.15, 0.2) is 42.5 Å². The van der Waals surface area contributed by atoms with Crippen molar-refractivity contribution in [1.82, 2.24) is 4.90 Å². The second-order valence-corrected chi connectivity index (χ2v) is 5.36. The van der Waals surface area contributed by atoms with Crippen LogP contribution in [-0.4, -0.2) is 37.4 Å². The van der Waals surface area contributed by atoms with Crippen molar-refractivity contribution in [2.75, 3.05) is 33.1 Å². The van der Waals surface area contributed by atoms with Gasteiger partial charge in [-0.15, -0.1) is 12.4 Å². The summed E-state index contributed by atoms with van der Waals surface area (Å²) in [6.45, 7) is 2.05. The fourth-order valence-electron chi connectivity index (χ4n) is 2.53. The second kappa shape index (κ2) is 10.0. The maximum Gasteiger partial charge on any atom is 0.127 e. The highest BCUT2D eigenvalue weighted by Crippen LogP contribution is 2.26. The topological polar surface area (TPSA) is 68.0 Å². The molecule has 0 atom stereocenters. The van der Waals surface area contributed by atoms with Gasteiger partial charge in [-0.25, -0.2) is 0 Å². The van der Waals surface area contributed by atoms with Gasteiger partial charge in [-0.05, 0) is 23.8 Å². The molecule has 24 heavy (non-hydrogen) atoms. The van der Waals surface area contributed by atoms with Gasteiger partial charge in [0, 0.05) is 37.0 Å². The summed E-state index contributed by atoms with van der Waals surface area (Å²) < 4.78 is 10.7. The van der Waals surface area contributed by atoms with Crippen LogP contribution in [0, 0.1) is 0 Å². The van der Waals surface area contributed by atoms with Gasteiger partial charge in [-0.1, -0.05) is 18.2 Å². The lowest BCUT2D eigenvalue weighted by Gasteiger charge is -2.23. The minimum atomic E-state index is 0. The molecule has 0 aliphatic rings. The molecule has 2 aromatic carbocycles. The van der Waals surface area contributed by atoms with E-state index in [1.54, 1.807) is 14.2 Å². The molecule has 3 N–H and O–H groups in total. The summed E-state index contributed by atoms with van der Waals surface area (Å²) in [4.78, 5) is 2.15. The summed E-state index contributed by atoms with van der Waals surface area (Å²) in [5.41, 5.74) is 8.74. The first kappa shape index (κ1) is 20.1. The first-order chi connectivity index (χ1) is 11.2. The highest BCUT2D eigenvalue weighted by molar-refractivity contribution is 5.85. The van der Waals surface area contributed by atoms with Crippen molar-refractivity contribution in [2.24, 2.45) is 0 Å². The Hall–Kier alpha value is -1.95. The van der Waals surface area contributed by atoms with E-state index in [1.165, 1.54) is 0 Å². The number of rotatable bonds is 8. The molecular weight excluding hydrogens is 328 g/mol. The zero-order valence-corrected chi connectivity index (χ0v) is 14.9. The van der Waals surface area contributed by atoms with Crippen molar-refractivity contribution in [3.05, 3.63) is 53.6 Å². The summed E-state index contributed by atoms with van der Waals surface area (Å²) in [5.74, 6) is 1.54. The van der Waals surface area contributed by atoms with Gasteiger partial charge in [-0.2, -0.15) is 0 Å². The molecule has 0 aromatic heterocycles. The van der Waals surface area contributed by atoms with Crippen LogP contribution in [0.5, 0.6) is 11.5 Å². The van der Waals surface area contributed by atoms with Gasteiger partial charge in [0.2, 0.25) is 0 Å². The minimum Gasteiger partial charge on any atom is -0.497 e. The average Bonchev–Trinajstić information content (AvgIpc) is 2.55. The van der Waals surface area contributed by atoms with Crippen molar-refractivity contribution in [3.63, 3.8) is 0 Å². The maximum absolute atomic E-state index is 9.34. The number of nitrogens with zero attached hydrogens (tertiary/aromatic N) is 1. The van der Waals surface area contributed by atoms with Crippen LogP contribution in [0.1, 0.15) is 11.1 Å². The van der Waals surface area contributed by atoms with E-state index >= 15 is 0 Å². The molecule has 0 saturated heterocycles. The van der Waals surface area contributed by atoms with E-state index in [4.69, 9.17) is 15.2 Å². The smallest absolute Gasteiger partial charge is 0.127 e. The van der Waals surface area contributed by atoms with Crippen LogP contribution < -0.4 is 15.2 Å².